The molecular formula is C12H16N4. The zero-order chi connectivity index (χ0) is 11.4. The van der Waals surface area contributed by atoms with Crippen LogP contribution < -0.4 is 10.2 Å². The van der Waals surface area contributed by atoms with Crippen LogP contribution in [0.25, 0.3) is 0 Å². The summed E-state index contributed by atoms with van der Waals surface area (Å²) in [7, 11) is 2.03. The van der Waals surface area contributed by atoms with Crippen LogP contribution in [0.3, 0.4) is 0 Å². The first-order chi connectivity index (χ1) is 7.79. The minimum absolute atomic E-state index is 0.668. The van der Waals surface area contributed by atoms with E-state index in [-0.39, 0.29) is 0 Å². The number of nitriles is 1. The van der Waals surface area contributed by atoms with Gasteiger partial charge in [0.2, 0.25) is 0 Å². The Balaban J connectivity index is 2.02. The quantitative estimate of drug-likeness (QED) is 0.819. The van der Waals surface area contributed by atoms with E-state index < -0.39 is 0 Å². The van der Waals surface area contributed by atoms with Crippen LogP contribution in [0.1, 0.15) is 12.0 Å². The first-order valence-electron chi connectivity index (χ1n) is 5.57. The predicted molar refractivity (Wildman–Crippen MR) is 63.2 cm³/mol. The average Bonchev–Trinajstić information content (AvgIpc) is 2.82. The van der Waals surface area contributed by atoms with Crippen LogP contribution in [0.4, 0.5) is 5.82 Å². The van der Waals surface area contributed by atoms with Crippen molar-refractivity contribution >= 4 is 5.82 Å². The Hall–Kier alpha value is -1.60. The molecule has 1 aromatic rings. The standard InChI is InChI=1S/C12H16N4/c1-16(9-11-2-4-14-8-11)12-6-10(7-13)3-5-15-12/h3,5-6,11,14H,2,4,8-9H2,1H3/t11-/m1/s1. The largest absolute Gasteiger partial charge is 0.359 e. The lowest BCUT2D eigenvalue weighted by Gasteiger charge is -2.21. The number of nitrogens with one attached hydrogen (secondary N) is 1. The van der Waals surface area contributed by atoms with Gasteiger partial charge in [-0.05, 0) is 37.6 Å². The van der Waals surface area contributed by atoms with Gasteiger partial charge in [-0.15, -0.1) is 0 Å². The summed E-state index contributed by atoms with van der Waals surface area (Å²) in [4.78, 5) is 6.41. The van der Waals surface area contributed by atoms with Crippen LogP contribution in [-0.2, 0) is 0 Å². The number of hydrogen-bond donors (Lipinski definition) is 1. The first-order valence-corrected chi connectivity index (χ1v) is 5.57. The van der Waals surface area contributed by atoms with Crippen LogP contribution in [0, 0.1) is 17.2 Å². The number of nitrogens with zero attached hydrogens (tertiary/aromatic N) is 3. The Morgan fingerprint density at radius 3 is 3.25 bits per heavy atom. The molecule has 4 heteroatoms. The molecule has 1 aliphatic heterocycles. The summed E-state index contributed by atoms with van der Waals surface area (Å²) < 4.78 is 0. The lowest BCUT2D eigenvalue weighted by molar-refractivity contribution is 0.576. The van der Waals surface area contributed by atoms with Gasteiger partial charge in [0.25, 0.3) is 0 Å². The summed E-state index contributed by atoms with van der Waals surface area (Å²) >= 11 is 0. The molecule has 1 saturated heterocycles. The molecule has 2 rings (SSSR count). The molecule has 0 spiro atoms. The molecule has 1 N–H and O–H groups in total. The maximum absolute atomic E-state index is 8.82. The fourth-order valence-electron chi connectivity index (χ4n) is 2.05. The fraction of sp³-hybridized carbons (Fsp3) is 0.500. The Morgan fingerprint density at radius 1 is 1.69 bits per heavy atom. The number of rotatable bonds is 3. The van der Waals surface area contributed by atoms with Crippen LogP contribution >= 0.6 is 0 Å². The lowest BCUT2D eigenvalue weighted by atomic mass is 10.1. The average molecular weight is 216 g/mol. The van der Waals surface area contributed by atoms with Gasteiger partial charge in [0.15, 0.2) is 0 Å². The molecule has 0 bridgehead atoms. The summed E-state index contributed by atoms with van der Waals surface area (Å²) in [5, 5.41) is 12.2. The molecule has 0 saturated carbocycles. The van der Waals surface area contributed by atoms with Crippen molar-refractivity contribution in [1.82, 2.24) is 10.3 Å². The molecule has 2 heterocycles. The topological polar surface area (TPSA) is 52.0 Å². The maximum atomic E-state index is 8.82. The van der Waals surface area contributed by atoms with Gasteiger partial charge in [0, 0.05) is 19.8 Å². The van der Waals surface area contributed by atoms with Gasteiger partial charge >= 0.3 is 0 Å². The van der Waals surface area contributed by atoms with Crippen molar-refractivity contribution in [2.45, 2.75) is 6.42 Å². The van der Waals surface area contributed by atoms with Crippen LogP contribution in [0.5, 0.6) is 0 Å². The monoisotopic (exact) mass is 216 g/mol. The first kappa shape index (κ1) is 10.9. The van der Waals surface area contributed by atoms with Crippen LogP contribution in [0.15, 0.2) is 18.3 Å². The number of pyridine rings is 1. The molecule has 0 unspecified atom stereocenters. The van der Waals surface area contributed by atoms with Crippen LogP contribution in [-0.4, -0.2) is 31.7 Å². The molecule has 1 atom stereocenters. The molecule has 0 radical (unpaired) electrons. The van der Waals surface area contributed by atoms with E-state index in [9.17, 15) is 0 Å². The molecule has 0 aromatic carbocycles. The van der Waals surface area contributed by atoms with Crippen molar-refractivity contribution in [3.63, 3.8) is 0 Å². The van der Waals surface area contributed by atoms with E-state index in [0.29, 0.717) is 11.5 Å². The van der Waals surface area contributed by atoms with E-state index in [1.165, 1.54) is 6.42 Å². The second kappa shape index (κ2) is 4.95. The fourth-order valence-corrected chi connectivity index (χ4v) is 2.05. The van der Waals surface area contributed by atoms with Gasteiger partial charge in [-0.1, -0.05) is 0 Å². The number of hydrogen-bond acceptors (Lipinski definition) is 4. The Morgan fingerprint density at radius 2 is 2.56 bits per heavy atom. The molecule has 1 fully saturated rings. The summed E-state index contributed by atoms with van der Waals surface area (Å²) in [6, 6.07) is 5.70. The third kappa shape index (κ3) is 2.50. The zero-order valence-corrected chi connectivity index (χ0v) is 9.48. The highest BCUT2D eigenvalue weighted by molar-refractivity contribution is 5.44. The highest BCUT2D eigenvalue weighted by Crippen LogP contribution is 2.15. The van der Waals surface area contributed by atoms with Gasteiger partial charge < -0.3 is 10.2 Å². The summed E-state index contributed by atoms with van der Waals surface area (Å²) in [5.74, 6) is 1.57. The minimum atomic E-state index is 0.668. The molecule has 4 nitrogen and oxygen atoms in total. The normalized spacial score (nSPS) is 19.4. The summed E-state index contributed by atoms with van der Waals surface area (Å²) in [6.45, 7) is 3.20. The third-order valence-electron chi connectivity index (χ3n) is 2.96. The van der Waals surface area contributed by atoms with E-state index >= 15 is 0 Å². The van der Waals surface area contributed by atoms with Crippen molar-refractivity contribution in [1.29, 1.82) is 5.26 Å². The van der Waals surface area contributed by atoms with Gasteiger partial charge in [0.05, 0.1) is 11.6 Å². The second-order valence-electron chi connectivity index (χ2n) is 4.25. The smallest absolute Gasteiger partial charge is 0.129 e. The van der Waals surface area contributed by atoms with E-state index in [1.54, 1.807) is 12.3 Å². The maximum Gasteiger partial charge on any atom is 0.129 e. The van der Waals surface area contributed by atoms with Gasteiger partial charge in [-0.25, -0.2) is 4.98 Å². The van der Waals surface area contributed by atoms with Crippen molar-refractivity contribution in [2.24, 2.45) is 5.92 Å². The highest BCUT2D eigenvalue weighted by Gasteiger charge is 2.17. The van der Waals surface area contributed by atoms with Gasteiger partial charge in [-0.2, -0.15) is 5.26 Å². The molecule has 1 aromatic heterocycles. The Kier molecular flexibility index (Phi) is 3.37. The van der Waals surface area contributed by atoms with E-state index in [1.807, 2.05) is 13.1 Å². The highest BCUT2D eigenvalue weighted by atomic mass is 15.2. The molecule has 84 valence electrons. The second-order valence-corrected chi connectivity index (χ2v) is 4.25. The SMILES string of the molecule is CN(C[C@@H]1CCNC1)c1cc(C#N)ccn1. The van der Waals surface area contributed by atoms with E-state index in [4.69, 9.17) is 5.26 Å². The Bertz CT molecular complexity index is 390. The minimum Gasteiger partial charge on any atom is -0.359 e. The van der Waals surface area contributed by atoms with E-state index in [2.05, 4.69) is 21.3 Å². The molecule has 0 amide bonds. The summed E-state index contributed by atoms with van der Waals surface area (Å²) in [6.07, 6.45) is 2.92. The van der Waals surface area contributed by atoms with E-state index in [0.717, 1.165) is 25.5 Å². The van der Waals surface area contributed by atoms with Crippen molar-refractivity contribution in [2.75, 3.05) is 31.6 Å². The van der Waals surface area contributed by atoms with Gasteiger partial charge in [0.1, 0.15) is 5.82 Å². The zero-order valence-electron chi connectivity index (χ0n) is 9.48. The molecule has 1 aliphatic rings. The van der Waals surface area contributed by atoms with Crippen molar-refractivity contribution in [3.05, 3.63) is 23.9 Å². The predicted octanol–water partition coefficient (Wildman–Crippen LogP) is 0.999. The van der Waals surface area contributed by atoms with Crippen molar-refractivity contribution < 1.29 is 0 Å². The Labute approximate surface area is 95.9 Å². The lowest BCUT2D eigenvalue weighted by Crippen LogP contribution is -2.27. The molecular weight excluding hydrogens is 200 g/mol. The van der Waals surface area contributed by atoms with Crippen LogP contribution in [0.2, 0.25) is 0 Å². The molecule has 0 aliphatic carbocycles. The number of anilines is 1. The van der Waals surface area contributed by atoms with Gasteiger partial charge in [-0.3, -0.25) is 0 Å². The van der Waals surface area contributed by atoms with Crippen molar-refractivity contribution in [3.8, 4) is 6.07 Å². The number of aromatic nitrogens is 1. The summed E-state index contributed by atoms with van der Waals surface area (Å²) in [5.41, 5.74) is 0.668. The molecule has 16 heavy (non-hydrogen) atoms. The third-order valence-corrected chi connectivity index (χ3v) is 2.96.